The second-order valence-electron chi connectivity index (χ2n) is 15.2. The van der Waals surface area contributed by atoms with E-state index < -0.39 is 5.60 Å². The van der Waals surface area contributed by atoms with Gasteiger partial charge in [-0.3, -0.25) is 0 Å². The molecule has 0 bridgehead atoms. The molecule has 2 aromatic carbocycles. The number of aromatic nitrogens is 4. The minimum absolute atomic E-state index is 0.221. The van der Waals surface area contributed by atoms with Crippen LogP contribution >= 0.6 is 0 Å². The molecule has 2 aromatic heterocycles. The normalized spacial score (nSPS) is 19.3. The van der Waals surface area contributed by atoms with Crippen LogP contribution in [0.15, 0.2) is 73.3 Å². The molecule has 0 spiro atoms. The molecule has 0 aliphatic carbocycles. The number of halogens is 2. The predicted molar refractivity (Wildman–Crippen MR) is 196 cm³/mol. The predicted octanol–water partition coefficient (Wildman–Crippen LogP) is 5.91. The standard InChI is InChI=1S/C22H27FN4O3.C18H20FN3O/c1-21(2,3)30-20(28)27-10-8-26(9-11-27)19-24-12-17(13-25-19)22(14-29-15-22)16-4-6-18(23)7-5-16;19-16-6-4-14(5-7-16)18(12-23-13-18)15-10-20-17(21-11-15)22-8-2-1-3-9-22/h4-7,12-13H,8-11,14-15H2,1-3H3;4-7,10-11H,1-3,8-9,12-13H2. The summed E-state index contributed by atoms with van der Waals surface area (Å²) in [6.07, 6.45) is 10.9. The Hall–Kier alpha value is -4.75. The summed E-state index contributed by atoms with van der Waals surface area (Å²) in [5.41, 5.74) is 2.97. The van der Waals surface area contributed by atoms with Crippen molar-refractivity contribution < 1.29 is 27.8 Å². The van der Waals surface area contributed by atoms with E-state index in [1.807, 2.05) is 57.7 Å². The Kier molecular flexibility index (Phi) is 10.6. The first-order valence-electron chi connectivity index (χ1n) is 18.4. The van der Waals surface area contributed by atoms with Crippen LogP contribution in [-0.2, 0) is 25.0 Å². The molecule has 4 aromatic rings. The third-order valence-corrected chi connectivity index (χ3v) is 10.4. The molecule has 8 rings (SSSR count). The molecule has 4 aliphatic heterocycles. The van der Waals surface area contributed by atoms with E-state index in [-0.39, 0.29) is 28.6 Å². The summed E-state index contributed by atoms with van der Waals surface area (Å²) in [5.74, 6) is 0.965. The molecule has 0 atom stereocenters. The van der Waals surface area contributed by atoms with Crippen LogP contribution in [0.5, 0.6) is 0 Å². The molecule has 11 nitrogen and oxygen atoms in total. The highest BCUT2D eigenvalue weighted by Gasteiger charge is 2.44. The van der Waals surface area contributed by atoms with Gasteiger partial charge in [0, 0.05) is 75.2 Å². The quantitative estimate of drug-likeness (QED) is 0.238. The Morgan fingerprint density at radius 2 is 1.00 bits per heavy atom. The van der Waals surface area contributed by atoms with Gasteiger partial charge in [0.1, 0.15) is 17.2 Å². The van der Waals surface area contributed by atoms with E-state index >= 15 is 0 Å². The average molecular weight is 728 g/mol. The zero-order chi connectivity index (χ0) is 37.1. The lowest BCUT2D eigenvalue weighted by molar-refractivity contribution is -0.0383. The molecule has 0 radical (unpaired) electrons. The highest BCUT2D eigenvalue weighted by atomic mass is 19.1. The molecule has 4 aliphatic rings. The molecule has 4 saturated heterocycles. The van der Waals surface area contributed by atoms with Gasteiger partial charge in [-0.05, 0) is 75.4 Å². The van der Waals surface area contributed by atoms with Gasteiger partial charge in [-0.25, -0.2) is 33.5 Å². The van der Waals surface area contributed by atoms with Crippen molar-refractivity contribution in [3.63, 3.8) is 0 Å². The maximum atomic E-state index is 13.3. The molecular weight excluding hydrogens is 680 g/mol. The number of ether oxygens (including phenoxy) is 3. The molecule has 0 N–H and O–H groups in total. The first kappa shape index (κ1) is 36.6. The Labute approximate surface area is 309 Å². The Balaban J connectivity index is 0.000000170. The molecule has 1 amide bonds. The molecule has 4 fully saturated rings. The number of piperazine rings is 1. The number of amides is 1. The summed E-state index contributed by atoms with van der Waals surface area (Å²) in [4.78, 5) is 36.6. The van der Waals surface area contributed by atoms with Gasteiger partial charge in [-0.1, -0.05) is 24.3 Å². The Morgan fingerprint density at radius 1 is 0.604 bits per heavy atom. The Bertz CT molecular complexity index is 1820. The van der Waals surface area contributed by atoms with Gasteiger partial charge >= 0.3 is 6.09 Å². The fraction of sp³-hybridized carbons (Fsp3) is 0.475. The topological polar surface area (TPSA) is 106 Å². The van der Waals surface area contributed by atoms with Crippen molar-refractivity contribution in [1.29, 1.82) is 0 Å². The van der Waals surface area contributed by atoms with Gasteiger partial charge in [0.25, 0.3) is 0 Å². The van der Waals surface area contributed by atoms with Crippen LogP contribution in [0.25, 0.3) is 0 Å². The minimum atomic E-state index is -0.501. The maximum Gasteiger partial charge on any atom is 0.410 e. The van der Waals surface area contributed by atoms with Crippen molar-refractivity contribution in [2.24, 2.45) is 0 Å². The number of carbonyl (C=O) groups is 1. The van der Waals surface area contributed by atoms with Crippen LogP contribution in [0.4, 0.5) is 25.5 Å². The summed E-state index contributed by atoms with van der Waals surface area (Å²) in [6, 6.07) is 13.2. The zero-order valence-electron chi connectivity index (χ0n) is 30.6. The van der Waals surface area contributed by atoms with E-state index in [2.05, 4.69) is 29.7 Å². The first-order valence-corrected chi connectivity index (χ1v) is 18.4. The fourth-order valence-electron chi connectivity index (χ4n) is 7.12. The van der Waals surface area contributed by atoms with Gasteiger partial charge in [-0.2, -0.15) is 0 Å². The largest absolute Gasteiger partial charge is 0.444 e. The molecule has 6 heterocycles. The van der Waals surface area contributed by atoms with Gasteiger partial charge in [0.05, 0.1) is 37.3 Å². The van der Waals surface area contributed by atoms with Crippen LogP contribution in [-0.4, -0.2) is 102 Å². The van der Waals surface area contributed by atoms with Crippen molar-refractivity contribution >= 4 is 18.0 Å². The number of hydrogen-bond acceptors (Lipinski definition) is 10. The Morgan fingerprint density at radius 3 is 1.36 bits per heavy atom. The molecule has 0 unspecified atom stereocenters. The first-order chi connectivity index (χ1) is 25.5. The number of benzene rings is 2. The van der Waals surface area contributed by atoms with Crippen molar-refractivity contribution in [2.75, 3.05) is 75.5 Å². The van der Waals surface area contributed by atoms with E-state index in [1.54, 1.807) is 17.0 Å². The van der Waals surface area contributed by atoms with E-state index in [0.717, 1.165) is 41.3 Å². The molecule has 13 heteroatoms. The lowest BCUT2D eigenvalue weighted by Crippen LogP contribution is -2.50. The number of hydrogen-bond donors (Lipinski definition) is 0. The SMILES string of the molecule is CC(C)(C)OC(=O)N1CCN(c2ncc(C3(c4ccc(F)cc4)COC3)cn2)CC1.Fc1ccc(C2(c3cnc(N4CCCCC4)nc3)COC2)cc1. The highest BCUT2D eigenvalue weighted by Crippen LogP contribution is 2.40. The lowest BCUT2D eigenvalue weighted by atomic mass is 9.74. The third kappa shape index (κ3) is 7.96. The minimum Gasteiger partial charge on any atom is -0.444 e. The average Bonchev–Trinajstić information content (AvgIpc) is 3.13. The maximum absolute atomic E-state index is 13.3. The smallest absolute Gasteiger partial charge is 0.410 e. The monoisotopic (exact) mass is 727 g/mol. The van der Waals surface area contributed by atoms with Gasteiger partial charge < -0.3 is 28.9 Å². The van der Waals surface area contributed by atoms with Crippen molar-refractivity contribution in [2.45, 2.75) is 56.5 Å². The molecule has 53 heavy (non-hydrogen) atoms. The van der Waals surface area contributed by atoms with Crippen LogP contribution < -0.4 is 9.80 Å². The molecule has 0 saturated carbocycles. The summed E-state index contributed by atoms with van der Waals surface area (Å²) in [7, 11) is 0. The van der Waals surface area contributed by atoms with E-state index in [4.69, 9.17) is 14.2 Å². The van der Waals surface area contributed by atoms with Gasteiger partial charge in [-0.15, -0.1) is 0 Å². The van der Waals surface area contributed by atoms with Gasteiger partial charge in [0.2, 0.25) is 11.9 Å². The number of rotatable bonds is 6. The van der Waals surface area contributed by atoms with Crippen LogP contribution in [0, 0.1) is 11.6 Å². The molecular formula is C40H47F2N7O4. The second kappa shape index (κ2) is 15.3. The van der Waals surface area contributed by atoms with E-state index in [0.29, 0.717) is 58.6 Å². The fourth-order valence-corrected chi connectivity index (χ4v) is 7.12. The number of carbonyl (C=O) groups excluding carboxylic acids is 1. The number of anilines is 2. The number of nitrogens with zero attached hydrogens (tertiary/aromatic N) is 7. The van der Waals surface area contributed by atoms with E-state index in [1.165, 1.54) is 43.5 Å². The molecule has 280 valence electrons. The zero-order valence-corrected chi connectivity index (χ0v) is 30.6. The highest BCUT2D eigenvalue weighted by molar-refractivity contribution is 5.68. The van der Waals surface area contributed by atoms with Crippen LogP contribution in [0.2, 0.25) is 0 Å². The lowest BCUT2D eigenvalue weighted by Gasteiger charge is -2.42. The van der Waals surface area contributed by atoms with Crippen LogP contribution in [0.3, 0.4) is 0 Å². The second-order valence-corrected chi connectivity index (χ2v) is 15.2. The third-order valence-electron chi connectivity index (χ3n) is 10.4. The van der Waals surface area contributed by atoms with Crippen molar-refractivity contribution in [1.82, 2.24) is 24.8 Å². The number of piperidine rings is 1. The van der Waals surface area contributed by atoms with E-state index in [9.17, 15) is 13.6 Å². The van der Waals surface area contributed by atoms with Crippen molar-refractivity contribution in [3.8, 4) is 0 Å². The summed E-state index contributed by atoms with van der Waals surface area (Å²) >= 11 is 0. The van der Waals surface area contributed by atoms with Gasteiger partial charge in [0.15, 0.2) is 0 Å². The summed E-state index contributed by atoms with van der Waals surface area (Å²) in [5, 5.41) is 0. The summed E-state index contributed by atoms with van der Waals surface area (Å²) in [6.45, 7) is 12.3. The van der Waals surface area contributed by atoms with Crippen molar-refractivity contribution in [3.05, 3.63) is 107 Å². The van der Waals surface area contributed by atoms with Crippen LogP contribution in [0.1, 0.15) is 62.3 Å². The summed E-state index contributed by atoms with van der Waals surface area (Å²) < 4.78 is 42.9.